The lowest BCUT2D eigenvalue weighted by Crippen LogP contribution is -2.30. The molecular formula is C11H15FN2O2. The molecule has 0 aliphatic carbocycles. The lowest BCUT2D eigenvalue weighted by Gasteiger charge is -2.05. The number of carbonyl (C=O) groups is 1. The van der Waals surface area contributed by atoms with Crippen molar-refractivity contribution in [1.29, 1.82) is 0 Å². The average Bonchev–Trinajstić information content (AvgIpc) is 2.26. The summed E-state index contributed by atoms with van der Waals surface area (Å²) in [5.41, 5.74) is 5.85. The fraction of sp³-hybridized carbons (Fsp3) is 0.364. The van der Waals surface area contributed by atoms with Crippen molar-refractivity contribution in [3.8, 4) is 5.75 Å². The third kappa shape index (κ3) is 3.51. The van der Waals surface area contributed by atoms with Crippen LogP contribution in [0, 0.1) is 5.82 Å². The van der Waals surface area contributed by atoms with Gasteiger partial charge in [0.05, 0.1) is 13.5 Å². The maximum absolute atomic E-state index is 13.3. The molecule has 0 aliphatic rings. The fourth-order valence-corrected chi connectivity index (χ4v) is 1.28. The number of benzene rings is 1. The minimum absolute atomic E-state index is 0.140. The molecular weight excluding hydrogens is 211 g/mol. The third-order valence-electron chi connectivity index (χ3n) is 2.05. The van der Waals surface area contributed by atoms with E-state index in [-0.39, 0.29) is 18.1 Å². The van der Waals surface area contributed by atoms with Gasteiger partial charge in [0, 0.05) is 13.1 Å². The van der Waals surface area contributed by atoms with Crippen LogP contribution in [-0.2, 0) is 11.2 Å². The molecule has 0 aliphatic heterocycles. The number of ether oxygens (including phenoxy) is 1. The van der Waals surface area contributed by atoms with Gasteiger partial charge in [0.2, 0.25) is 5.91 Å². The molecule has 1 aromatic rings. The Morgan fingerprint density at radius 3 is 2.88 bits per heavy atom. The van der Waals surface area contributed by atoms with Crippen molar-refractivity contribution in [2.45, 2.75) is 6.42 Å². The van der Waals surface area contributed by atoms with E-state index in [1.807, 2.05) is 0 Å². The summed E-state index contributed by atoms with van der Waals surface area (Å²) in [7, 11) is 1.39. The smallest absolute Gasteiger partial charge is 0.224 e. The SMILES string of the molecule is COc1ccc(CC(=O)NCCN)cc1F. The summed E-state index contributed by atoms with van der Waals surface area (Å²) >= 11 is 0. The van der Waals surface area contributed by atoms with Gasteiger partial charge in [0.25, 0.3) is 0 Å². The van der Waals surface area contributed by atoms with Gasteiger partial charge < -0.3 is 15.8 Å². The van der Waals surface area contributed by atoms with Gasteiger partial charge in [-0.25, -0.2) is 4.39 Å². The summed E-state index contributed by atoms with van der Waals surface area (Å²) in [4.78, 5) is 11.3. The number of carbonyl (C=O) groups excluding carboxylic acids is 1. The molecule has 0 unspecified atom stereocenters. The zero-order valence-corrected chi connectivity index (χ0v) is 9.13. The molecule has 5 heteroatoms. The normalized spacial score (nSPS) is 9.94. The van der Waals surface area contributed by atoms with Gasteiger partial charge >= 0.3 is 0 Å². The standard InChI is InChI=1S/C11H15FN2O2/c1-16-10-3-2-8(6-9(10)12)7-11(15)14-5-4-13/h2-3,6H,4-5,7,13H2,1H3,(H,14,15). The molecule has 1 aromatic carbocycles. The first kappa shape index (κ1) is 12.4. The van der Waals surface area contributed by atoms with E-state index in [2.05, 4.69) is 5.32 Å². The number of hydrogen-bond acceptors (Lipinski definition) is 3. The molecule has 0 fully saturated rings. The molecule has 0 atom stereocenters. The molecule has 16 heavy (non-hydrogen) atoms. The van der Waals surface area contributed by atoms with Gasteiger partial charge in [0.1, 0.15) is 0 Å². The molecule has 0 radical (unpaired) electrons. The monoisotopic (exact) mass is 226 g/mol. The van der Waals surface area contributed by atoms with Crippen molar-refractivity contribution in [3.05, 3.63) is 29.6 Å². The first-order chi connectivity index (χ1) is 7.67. The molecule has 1 rings (SSSR count). The van der Waals surface area contributed by atoms with Gasteiger partial charge in [0.15, 0.2) is 11.6 Å². The minimum Gasteiger partial charge on any atom is -0.494 e. The highest BCUT2D eigenvalue weighted by Gasteiger charge is 2.06. The second kappa shape index (κ2) is 6.07. The van der Waals surface area contributed by atoms with Crippen LogP contribution in [0.15, 0.2) is 18.2 Å². The minimum atomic E-state index is -0.466. The molecule has 0 heterocycles. The number of nitrogens with two attached hydrogens (primary N) is 1. The van der Waals surface area contributed by atoms with E-state index >= 15 is 0 Å². The van der Waals surface area contributed by atoms with Gasteiger partial charge in [-0.05, 0) is 17.7 Å². The summed E-state index contributed by atoms with van der Waals surface area (Å²) < 4.78 is 18.1. The van der Waals surface area contributed by atoms with Crippen molar-refractivity contribution >= 4 is 5.91 Å². The zero-order valence-electron chi connectivity index (χ0n) is 9.13. The number of amides is 1. The molecule has 0 aromatic heterocycles. The van der Waals surface area contributed by atoms with Crippen LogP contribution in [0.5, 0.6) is 5.75 Å². The Bertz CT molecular complexity index is 369. The number of rotatable bonds is 5. The highest BCUT2D eigenvalue weighted by atomic mass is 19.1. The second-order valence-corrected chi connectivity index (χ2v) is 3.28. The zero-order chi connectivity index (χ0) is 12.0. The van der Waals surface area contributed by atoms with E-state index in [9.17, 15) is 9.18 Å². The van der Waals surface area contributed by atoms with Gasteiger partial charge in [-0.3, -0.25) is 4.79 Å². The van der Waals surface area contributed by atoms with E-state index in [4.69, 9.17) is 10.5 Å². The number of halogens is 1. The number of hydrogen-bond donors (Lipinski definition) is 2. The van der Waals surface area contributed by atoms with Crippen molar-refractivity contribution in [3.63, 3.8) is 0 Å². The van der Waals surface area contributed by atoms with Crippen LogP contribution < -0.4 is 15.8 Å². The van der Waals surface area contributed by atoms with Crippen molar-refractivity contribution < 1.29 is 13.9 Å². The molecule has 0 bridgehead atoms. The van der Waals surface area contributed by atoms with Crippen LogP contribution in [-0.4, -0.2) is 26.1 Å². The molecule has 0 saturated heterocycles. The van der Waals surface area contributed by atoms with Crippen LogP contribution in [0.25, 0.3) is 0 Å². The molecule has 0 spiro atoms. The average molecular weight is 226 g/mol. The van der Waals surface area contributed by atoms with Crippen LogP contribution in [0.3, 0.4) is 0 Å². The lowest BCUT2D eigenvalue weighted by molar-refractivity contribution is -0.120. The maximum Gasteiger partial charge on any atom is 0.224 e. The summed E-state index contributed by atoms with van der Waals surface area (Å²) in [6.07, 6.45) is 0.140. The van der Waals surface area contributed by atoms with Gasteiger partial charge in [-0.15, -0.1) is 0 Å². The highest BCUT2D eigenvalue weighted by Crippen LogP contribution is 2.17. The quantitative estimate of drug-likeness (QED) is 0.766. The fourth-order valence-electron chi connectivity index (χ4n) is 1.28. The molecule has 1 amide bonds. The largest absolute Gasteiger partial charge is 0.494 e. The maximum atomic E-state index is 13.3. The highest BCUT2D eigenvalue weighted by molar-refractivity contribution is 5.78. The summed E-state index contributed by atoms with van der Waals surface area (Å²) in [5.74, 6) is -0.465. The van der Waals surface area contributed by atoms with Gasteiger partial charge in [-0.1, -0.05) is 6.07 Å². The van der Waals surface area contributed by atoms with E-state index in [1.54, 1.807) is 6.07 Å². The lowest BCUT2D eigenvalue weighted by atomic mass is 10.1. The van der Waals surface area contributed by atoms with E-state index in [0.717, 1.165) is 0 Å². The summed E-state index contributed by atoms with van der Waals surface area (Å²) in [5, 5.41) is 2.61. The molecule has 0 saturated carbocycles. The Morgan fingerprint density at radius 1 is 1.56 bits per heavy atom. The Kier molecular flexibility index (Phi) is 4.72. The van der Waals surface area contributed by atoms with Crippen LogP contribution in [0.4, 0.5) is 4.39 Å². The Morgan fingerprint density at radius 2 is 2.31 bits per heavy atom. The Balaban J connectivity index is 2.61. The molecule has 3 N–H and O–H groups in total. The van der Waals surface area contributed by atoms with E-state index < -0.39 is 5.82 Å². The van der Waals surface area contributed by atoms with Crippen LogP contribution >= 0.6 is 0 Å². The van der Waals surface area contributed by atoms with Crippen molar-refractivity contribution in [2.24, 2.45) is 5.73 Å². The second-order valence-electron chi connectivity index (χ2n) is 3.28. The first-order valence-electron chi connectivity index (χ1n) is 4.96. The summed E-state index contributed by atoms with van der Waals surface area (Å²) in [6.45, 7) is 0.820. The molecule has 4 nitrogen and oxygen atoms in total. The van der Waals surface area contributed by atoms with Crippen LogP contribution in [0.1, 0.15) is 5.56 Å². The van der Waals surface area contributed by atoms with Crippen molar-refractivity contribution in [2.75, 3.05) is 20.2 Å². The van der Waals surface area contributed by atoms with Crippen LogP contribution in [0.2, 0.25) is 0 Å². The topological polar surface area (TPSA) is 64.3 Å². The Hall–Kier alpha value is -1.62. The van der Waals surface area contributed by atoms with Crippen molar-refractivity contribution in [1.82, 2.24) is 5.32 Å². The molecule has 88 valence electrons. The first-order valence-corrected chi connectivity index (χ1v) is 4.96. The number of nitrogens with one attached hydrogen (secondary N) is 1. The number of methoxy groups -OCH3 is 1. The van der Waals surface area contributed by atoms with E-state index in [1.165, 1.54) is 19.2 Å². The predicted octanol–water partition coefficient (Wildman–Crippen LogP) is 0.452. The van der Waals surface area contributed by atoms with E-state index in [0.29, 0.717) is 18.7 Å². The Labute approximate surface area is 93.6 Å². The van der Waals surface area contributed by atoms with Gasteiger partial charge in [-0.2, -0.15) is 0 Å². The summed E-state index contributed by atoms with van der Waals surface area (Å²) in [6, 6.07) is 4.45. The third-order valence-corrected chi connectivity index (χ3v) is 2.05. The predicted molar refractivity (Wildman–Crippen MR) is 58.7 cm³/mol.